The van der Waals surface area contributed by atoms with Crippen LogP contribution in [-0.2, 0) is 22.4 Å². The van der Waals surface area contributed by atoms with E-state index < -0.39 is 11.0 Å². The number of nitro benzene ring substituents is 1. The van der Waals surface area contributed by atoms with Gasteiger partial charge in [-0.3, -0.25) is 19.7 Å². The summed E-state index contributed by atoms with van der Waals surface area (Å²) in [5, 5.41) is 14.1. The highest BCUT2D eigenvalue weighted by Gasteiger charge is 2.29. The maximum absolute atomic E-state index is 13.1. The van der Waals surface area contributed by atoms with Crippen LogP contribution >= 0.6 is 0 Å². The van der Waals surface area contributed by atoms with E-state index in [9.17, 15) is 19.7 Å². The zero-order chi connectivity index (χ0) is 21.2. The van der Waals surface area contributed by atoms with Crippen molar-refractivity contribution in [2.24, 2.45) is 0 Å². The molecule has 0 aliphatic rings. The van der Waals surface area contributed by atoms with E-state index in [0.29, 0.717) is 31.5 Å². The Labute approximate surface area is 170 Å². The van der Waals surface area contributed by atoms with Gasteiger partial charge in [-0.15, -0.1) is 0 Å². The first-order valence-corrected chi connectivity index (χ1v) is 9.81. The van der Waals surface area contributed by atoms with E-state index in [0.717, 1.165) is 5.56 Å². The van der Waals surface area contributed by atoms with Crippen molar-refractivity contribution in [2.75, 3.05) is 13.1 Å². The van der Waals surface area contributed by atoms with Crippen LogP contribution in [0.25, 0.3) is 0 Å². The predicted octanol–water partition coefficient (Wildman–Crippen LogP) is 3.12. The molecule has 2 aromatic carbocycles. The smallest absolute Gasteiger partial charge is 0.273 e. The lowest BCUT2D eigenvalue weighted by Gasteiger charge is -2.30. The monoisotopic (exact) mass is 397 g/mol. The molecule has 2 aromatic rings. The Morgan fingerprint density at radius 3 is 2.34 bits per heavy atom. The van der Waals surface area contributed by atoms with E-state index >= 15 is 0 Å². The van der Waals surface area contributed by atoms with Gasteiger partial charge in [0.05, 0.1) is 11.3 Å². The fourth-order valence-corrected chi connectivity index (χ4v) is 3.29. The Morgan fingerprint density at radius 1 is 1.07 bits per heavy atom. The molecule has 1 atom stereocenters. The van der Waals surface area contributed by atoms with E-state index in [4.69, 9.17) is 0 Å². The third kappa shape index (κ3) is 6.14. The molecule has 0 aromatic heterocycles. The minimum absolute atomic E-state index is 0.0880. The molecule has 0 aliphatic carbocycles. The van der Waals surface area contributed by atoms with Crippen molar-refractivity contribution in [3.05, 3.63) is 75.8 Å². The number of amides is 2. The lowest BCUT2D eigenvalue weighted by molar-refractivity contribution is -0.385. The summed E-state index contributed by atoms with van der Waals surface area (Å²) in [7, 11) is 0. The van der Waals surface area contributed by atoms with Gasteiger partial charge in [-0.2, -0.15) is 0 Å². The van der Waals surface area contributed by atoms with Gasteiger partial charge in [0.25, 0.3) is 5.69 Å². The number of para-hydroxylation sites is 1. The summed E-state index contributed by atoms with van der Waals surface area (Å²) in [6.07, 6.45) is 0.935. The number of nitrogens with zero attached hydrogens (tertiary/aromatic N) is 2. The number of nitrogens with one attached hydrogen (secondary N) is 1. The van der Waals surface area contributed by atoms with Crippen molar-refractivity contribution in [1.82, 2.24) is 10.2 Å². The average molecular weight is 397 g/mol. The van der Waals surface area contributed by atoms with Crippen LogP contribution in [-0.4, -0.2) is 40.8 Å². The van der Waals surface area contributed by atoms with E-state index in [-0.39, 0.29) is 23.9 Å². The highest BCUT2D eigenvalue weighted by atomic mass is 16.6. The van der Waals surface area contributed by atoms with Crippen molar-refractivity contribution in [3.8, 4) is 0 Å². The summed E-state index contributed by atoms with van der Waals surface area (Å²) in [6, 6.07) is 15.3. The van der Waals surface area contributed by atoms with Gasteiger partial charge in [0.2, 0.25) is 11.8 Å². The van der Waals surface area contributed by atoms with E-state index in [1.807, 2.05) is 44.2 Å². The second-order valence-corrected chi connectivity index (χ2v) is 6.70. The summed E-state index contributed by atoms with van der Waals surface area (Å²) in [4.78, 5) is 38.0. The number of likely N-dealkylation sites (N-methyl/N-ethyl adjacent to an activating group) is 1. The van der Waals surface area contributed by atoms with Crippen molar-refractivity contribution in [2.45, 2.75) is 39.2 Å². The number of carbonyl (C=O) groups excluding carboxylic acids is 2. The first-order chi connectivity index (χ1) is 14.0. The number of hydrogen-bond donors (Lipinski definition) is 1. The third-order valence-electron chi connectivity index (χ3n) is 4.75. The van der Waals surface area contributed by atoms with Crippen molar-refractivity contribution < 1.29 is 14.5 Å². The number of rotatable bonds is 10. The van der Waals surface area contributed by atoms with Gasteiger partial charge in [-0.1, -0.05) is 55.5 Å². The Morgan fingerprint density at radius 2 is 1.72 bits per heavy atom. The molecule has 0 fully saturated rings. The molecular formula is C22H27N3O4. The fraction of sp³-hybridized carbons (Fsp3) is 0.364. The lowest BCUT2D eigenvalue weighted by atomic mass is 10.1. The molecule has 0 saturated heterocycles. The molecule has 29 heavy (non-hydrogen) atoms. The summed E-state index contributed by atoms with van der Waals surface area (Å²) in [5.41, 5.74) is 1.31. The number of carbonyl (C=O) groups is 2. The molecule has 7 heteroatoms. The molecule has 0 bridgehead atoms. The van der Waals surface area contributed by atoms with Crippen LogP contribution in [0.3, 0.4) is 0 Å². The minimum Gasteiger partial charge on any atom is -0.355 e. The maximum atomic E-state index is 13.1. The zero-order valence-electron chi connectivity index (χ0n) is 16.8. The Kier molecular flexibility index (Phi) is 8.33. The van der Waals surface area contributed by atoms with Crippen molar-refractivity contribution in [3.63, 3.8) is 0 Å². The van der Waals surface area contributed by atoms with Crippen LogP contribution in [0, 0.1) is 10.1 Å². The molecular weight excluding hydrogens is 370 g/mol. The first-order valence-electron chi connectivity index (χ1n) is 9.81. The topological polar surface area (TPSA) is 92.6 Å². The molecule has 7 nitrogen and oxygen atoms in total. The molecule has 0 saturated carbocycles. The number of hydrogen-bond acceptors (Lipinski definition) is 4. The fourth-order valence-electron chi connectivity index (χ4n) is 3.29. The lowest BCUT2D eigenvalue weighted by Crippen LogP contribution is -2.50. The highest BCUT2D eigenvalue weighted by molar-refractivity contribution is 5.88. The van der Waals surface area contributed by atoms with Gasteiger partial charge >= 0.3 is 0 Å². The normalized spacial score (nSPS) is 11.5. The largest absolute Gasteiger partial charge is 0.355 e. The summed E-state index contributed by atoms with van der Waals surface area (Å²) in [5.74, 6) is -0.507. The second kappa shape index (κ2) is 10.9. The van der Waals surface area contributed by atoms with Crippen molar-refractivity contribution in [1.29, 1.82) is 0 Å². The van der Waals surface area contributed by atoms with E-state index in [2.05, 4.69) is 5.32 Å². The minimum atomic E-state index is -0.617. The van der Waals surface area contributed by atoms with Crippen molar-refractivity contribution >= 4 is 17.5 Å². The van der Waals surface area contributed by atoms with Gasteiger partial charge in [0, 0.05) is 24.7 Å². The maximum Gasteiger partial charge on any atom is 0.273 e. The molecule has 0 radical (unpaired) electrons. The summed E-state index contributed by atoms with van der Waals surface area (Å²) < 4.78 is 0. The molecule has 2 rings (SSSR count). The molecule has 1 N–H and O–H groups in total. The number of benzene rings is 2. The summed E-state index contributed by atoms with van der Waals surface area (Å²) >= 11 is 0. The molecule has 2 amide bonds. The average Bonchev–Trinajstić information content (AvgIpc) is 2.72. The van der Waals surface area contributed by atoms with Gasteiger partial charge in [-0.25, -0.2) is 0 Å². The van der Waals surface area contributed by atoms with E-state index in [1.165, 1.54) is 6.07 Å². The van der Waals surface area contributed by atoms with Crippen LogP contribution in [0.1, 0.15) is 31.4 Å². The molecule has 154 valence electrons. The van der Waals surface area contributed by atoms with Gasteiger partial charge in [-0.05, 0) is 25.3 Å². The summed E-state index contributed by atoms with van der Waals surface area (Å²) in [6.45, 7) is 4.51. The van der Waals surface area contributed by atoms with Gasteiger partial charge in [0.1, 0.15) is 6.04 Å². The number of nitro groups is 1. The van der Waals surface area contributed by atoms with Crippen LogP contribution < -0.4 is 5.32 Å². The molecule has 0 heterocycles. The van der Waals surface area contributed by atoms with Crippen LogP contribution in [0.15, 0.2) is 54.6 Å². The van der Waals surface area contributed by atoms with Gasteiger partial charge in [0.15, 0.2) is 0 Å². The standard InChI is InChI=1S/C22H27N3O4/c1-3-19(22(27)23-4-2)24(15-14-17-10-6-5-7-11-17)21(26)16-18-12-8-9-13-20(18)25(28)29/h5-13,19H,3-4,14-16H2,1-2H3,(H,23,27)/t19-/m1/s1. The molecule has 0 aliphatic heterocycles. The highest BCUT2D eigenvalue weighted by Crippen LogP contribution is 2.20. The second-order valence-electron chi connectivity index (χ2n) is 6.70. The predicted molar refractivity (Wildman–Crippen MR) is 111 cm³/mol. The zero-order valence-corrected chi connectivity index (χ0v) is 16.8. The Balaban J connectivity index is 2.26. The quantitative estimate of drug-likeness (QED) is 0.492. The van der Waals surface area contributed by atoms with E-state index in [1.54, 1.807) is 23.1 Å². The third-order valence-corrected chi connectivity index (χ3v) is 4.75. The van der Waals surface area contributed by atoms with Crippen LogP contribution in [0.5, 0.6) is 0 Å². The SMILES string of the molecule is CCNC(=O)[C@@H](CC)N(CCc1ccccc1)C(=O)Cc1ccccc1[N+](=O)[O-]. The van der Waals surface area contributed by atoms with Crippen LogP contribution in [0.4, 0.5) is 5.69 Å². The first kappa shape index (κ1) is 22.1. The molecule has 0 spiro atoms. The molecule has 0 unspecified atom stereocenters. The Hall–Kier alpha value is -3.22. The van der Waals surface area contributed by atoms with Crippen LogP contribution in [0.2, 0.25) is 0 Å². The van der Waals surface area contributed by atoms with Gasteiger partial charge < -0.3 is 10.2 Å². The Bertz CT molecular complexity index is 839.